The van der Waals surface area contributed by atoms with E-state index in [1.165, 1.54) is 35.6 Å². The number of aryl methyl sites for hydroxylation is 1. The second kappa shape index (κ2) is 8.86. The van der Waals surface area contributed by atoms with Crippen molar-refractivity contribution in [3.63, 3.8) is 0 Å². The van der Waals surface area contributed by atoms with Crippen LogP contribution < -0.4 is 0 Å². The Morgan fingerprint density at radius 1 is 1.18 bits per heavy atom. The summed E-state index contributed by atoms with van der Waals surface area (Å²) < 4.78 is 32.7. The zero-order valence-electron chi connectivity index (χ0n) is 17.9. The zero-order chi connectivity index (χ0) is 22.9. The average molecular weight is 466 g/mol. The molecule has 1 atom stereocenters. The minimum atomic E-state index is -0.314. The second-order valence-electron chi connectivity index (χ2n) is 8.07. The lowest BCUT2D eigenvalue weighted by Crippen LogP contribution is -2.30. The number of hydrogen-bond donors (Lipinski definition) is 0. The molecule has 0 saturated carbocycles. The maximum Gasteiger partial charge on any atom is 0.266 e. The highest BCUT2D eigenvalue weighted by Crippen LogP contribution is 2.36. The Balaban J connectivity index is 1.35. The van der Waals surface area contributed by atoms with Crippen LogP contribution in [0.25, 0.3) is 10.6 Å². The molecular weight excluding hydrogens is 444 g/mol. The average Bonchev–Trinajstić information content (AvgIpc) is 3.53. The number of carbonyl (C=O) groups excluding carboxylic acids is 1. The molecule has 5 rings (SSSR count). The number of likely N-dealkylation sites (tertiary alicyclic amines) is 1. The molecule has 0 spiro atoms. The molecular formula is C25H21F2N3O2S. The Morgan fingerprint density at radius 2 is 2.00 bits per heavy atom. The van der Waals surface area contributed by atoms with Crippen molar-refractivity contribution in [2.45, 2.75) is 32.2 Å². The summed E-state index contributed by atoms with van der Waals surface area (Å²) >= 11 is 1.31. The Labute approximate surface area is 193 Å². The van der Waals surface area contributed by atoms with Gasteiger partial charge in [0, 0.05) is 18.5 Å². The summed E-state index contributed by atoms with van der Waals surface area (Å²) in [6.07, 6.45) is 3.68. The van der Waals surface area contributed by atoms with E-state index in [1.54, 1.807) is 29.3 Å². The molecule has 1 aliphatic rings. The third-order valence-electron chi connectivity index (χ3n) is 5.72. The van der Waals surface area contributed by atoms with E-state index < -0.39 is 0 Å². The SMILES string of the molecule is Cc1nc(-c2ccc(F)cc2)sc1C(=O)N1CCC[C@@H]1c1ncc(Cc2cccc(F)c2)o1. The van der Waals surface area contributed by atoms with E-state index in [2.05, 4.69) is 9.97 Å². The van der Waals surface area contributed by atoms with Crippen LogP contribution in [0.5, 0.6) is 0 Å². The topological polar surface area (TPSA) is 59.2 Å². The fourth-order valence-corrected chi connectivity index (χ4v) is 5.14. The summed E-state index contributed by atoms with van der Waals surface area (Å²) in [6, 6.07) is 12.2. The van der Waals surface area contributed by atoms with Gasteiger partial charge in [-0.1, -0.05) is 12.1 Å². The Kier molecular flexibility index (Phi) is 5.76. The van der Waals surface area contributed by atoms with Crippen LogP contribution in [0.1, 0.15) is 51.5 Å². The molecule has 1 aliphatic heterocycles. The van der Waals surface area contributed by atoms with Gasteiger partial charge in [0.25, 0.3) is 5.91 Å². The minimum Gasteiger partial charge on any atom is -0.443 e. The van der Waals surface area contributed by atoms with E-state index in [0.717, 1.165) is 24.0 Å². The molecule has 1 amide bonds. The number of amides is 1. The van der Waals surface area contributed by atoms with Crippen molar-refractivity contribution in [3.8, 4) is 10.6 Å². The van der Waals surface area contributed by atoms with Gasteiger partial charge in [0.05, 0.1) is 11.9 Å². The van der Waals surface area contributed by atoms with E-state index in [4.69, 9.17) is 4.42 Å². The van der Waals surface area contributed by atoms with Gasteiger partial charge in [-0.15, -0.1) is 11.3 Å². The van der Waals surface area contributed by atoms with Crippen LogP contribution in [0.3, 0.4) is 0 Å². The standard InChI is InChI=1S/C25H21F2N3O2S/c1-15-22(33-24(29-15)17-7-9-18(26)10-8-17)25(31)30-11-3-6-21(30)23-28-14-20(32-23)13-16-4-2-5-19(27)12-16/h2,4-5,7-10,12,14,21H,3,6,11,13H2,1H3/t21-/m1/s1. The molecule has 168 valence electrons. The molecule has 0 unspecified atom stereocenters. The van der Waals surface area contributed by atoms with Gasteiger partial charge in [-0.3, -0.25) is 4.79 Å². The van der Waals surface area contributed by atoms with Crippen LogP contribution in [-0.4, -0.2) is 27.3 Å². The molecule has 33 heavy (non-hydrogen) atoms. The minimum absolute atomic E-state index is 0.106. The number of aromatic nitrogens is 2. The van der Waals surface area contributed by atoms with Crippen molar-refractivity contribution in [2.24, 2.45) is 0 Å². The monoisotopic (exact) mass is 465 g/mol. The van der Waals surface area contributed by atoms with Crippen LogP contribution >= 0.6 is 11.3 Å². The highest BCUT2D eigenvalue weighted by molar-refractivity contribution is 7.17. The van der Waals surface area contributed by atoms with E-state index >= 15 is 0 Å². The third kappa shape index (κ3) is 4.43. The summed E-state index contributed by atoms with van der Waals surface area (Å²) in [7, 11) is 0. The summed E-state index contributed by atoms with van der Waals surface area (Å²) in [4.78, 5) is 24.7. The van der Waals surface area contributed by atoms with Crippen LogP contribution in [0.15, 0.2) is 59.1 Å². The number of rotatable bonds is 5. The molecule has 5 nitrogen and oxygen atoms in total. The first-order chi connectivity index (χ1) is 16.0. The molecule has 2 aromatic heterocycles. The molecule has 1 saturated heterocycles. The van der Waals surface area contributed by atoms with Crippen molar-refractivity contribution in [1.82, 2.24) is 14.9 Å². The van der Waals surface area contributed by atoms with Crippen molar-refractivity contribution >= 4 is 17.2 Å². The molecule has 4 aromatic rings. The Bertz CT molecular complexity index is 1300. The van der Waals surface area contributed by atoms with Gasteiger partial charge < -0.3 is 9.32 Å². The van der Waals surface area contributed by atoms with Crippen molar-refractivity contribution in [1.29, 1.82) is 0 Å². The van der Waals surface area contributed by atoms with Gasteiger partial charge in [-0.2, -0.15) is 0 Å². The fraction of sp³-hybridized carbons (Fsp3) is 0.240. The first kappa shape index (κ1) is 21.5. The van der Waals surface area contributed by atoms with E-state index in [0.29, 0.717) is 40.2 Å². The van der Waals surface area contributed by atoms with Crippen LogP contribution in [-0.2, 0) is 6.42 Å². The van der Waals surface area contributed by atoms with Crippen LogP contribution in [0.2, 0.25) is 0 Å². The maximum absolute atomic E-state index is 13.5. The van der Waals surface area contributed by atoms with Crippen LogP contribution in [0.4, 0.5) is 8.78 Å². The van der Waals surface area contributed by atoms with Gasteiger partial charge in [-0.05, 0) is 61.7 Å². The van der Waals surface area contributed by atoms with Gasteiger partial charge in [0.2, 0.25) is 5.89 Å². The highest BCUT2D eigenvalue weighted by atomic mass is 32.1. The van der Waals surface area contributed by atoms with Gasteiger partial charge in [0.1, 0.15) is 33.3 Å². The zero-order valence-corrected chi connectivity index (χ0v) is 18.7. The van der Waals surface area contributed by atoms with Gasteiger partial charge >= 0.3 is 0 Å². The number of halogens is 2. The third-order valence-corrected chi connectivity index (χ3v) is 6.91. The molecule has 0 radical (unpaired) electrons. The van der Waals surface area contributed by atoms with E-state index in [1.807, 2.05) is 13.0 Å². The van der Waals surface area contributed by atoms with E-state index in [9.17, 15) is 13.6 Å². The Morgan fingerprint density at radius 3 is 2.79 bits per heavy atom. The van der Waals surface area contributed by atoms with Gasteiger partial charge in [0.15, 0.2) is 0 Å². The van der Waals surface area contributed by atoms with Gasteiger partial charge in [-0.25, -0.2) is 18.7 Å². The molecule has 0 bridgehead atoms. The smallest absolute Gasteiger partial charge is 0.266 e. The number of carbonyl (C=O) groups is 1. The quantitative estimate of drug-likeness (QED) is 0.365. The number of benzene rings is 2. The number of oxazole rings is 1. The second-order valence-corrected chi connectivity index (χ2v) is 9.07. The lowest BCUT2D eigenvalue weighted by molar-refractivity contribution is 0.0718. The predicted molar refractivity (Wildman–Crippen MR) is 121 cm³/mol. The number of hydrogen-bond acceptors (Lipinski definition) is 5. The molecule has 2 aromatic carbocycles. The molecule has 0 N–H and O–H groups in total. The number of nitrogens with zero attached hydrogens (tertiary/aromatic N) is 3. The highest BCUT2D eigenvalue weighted by Gasteiger charge is 2.35. The summed E-state index contributed by atoms with van der Waals surface area (Å²) in [6.45, 7) is 2.42. The summed E-state index contributed by atoms with van der Waals surface area (Å²) in [5.41, 5.74) is 2.22. The molecule has 3 heterocycles. The maximum atomic E-state index is 13.5. The van der Waals surface area contributed by atoms with Crippen molar-refractivity contribution in [2.75, 3.05) is 6.54 Å². The molecule has 1 fully saturated rings. The summed E-state index contributed by atoms with van der Waals surface area (Å²) in [5.74, 6) is 0.409. The number of thiazole rings is 1. The first-order valence-electron chi connectivity index (χ1n) is 10.7. The largest absolute Gasteiger partial charge is 0.443 e. The predicted octanol–water partition coefficient (Wildman–Crippen LogP) is 5.95. The molecule has 8 heteroatoms. The first-order valence-corrected chi connectivity index (χ1v) is 11.5. The van der Waals surface area contributed by atoms with E-state index in [-0.39, 0.29) is 23.6 Å². The lowest BCUT2D eigenvalue weighted by Gasteiger charge is -2.21. The lowest BCUT2D eigenvalue weighted by atomic mass is 10.1. The normalized spacial score (nSPS) is 15.8. The summed E-state index contributed by atoms with van der Waals surface area (Å²) in [5, 5.41) is 0.681. The van der Waals surface area contributed by atoms with Crippen molar-refractivity contribution < 1.29 is 18.0 Å². The fourth-order valence-electron chi connectivity index (χ4n) is 4.11. The molecule has 0 aliphatic carbocycles. The Hall–Kier alpha value is -3.39. The van der Waals surface area contributed by atoms with Crippen molar-refractivity contribution in [3.05, 3.63) is 94.1 Å². The van der Waals surface area contributed by atoms with Crippen LogP contribution in [0, 0.1) is 18.6 Å².